The summed E-state index contributed by atoms with van der Waals surface area (Å²) in [4.78, 5) is 0. The minimum Gasteiger partial charge on any atom is -0.506 e. The Morgan fingerprint density at radius 2 is 2.20 bits per heavy atom. The van der Waals surface area contributed by atoms with Gasteiger partial charge in [0.25, 0.3) is 0 Å². The molecular formula is C7H8BrNO. The monoisotopic (exact) mass is 201 g/mol. The van der Waals surface area contributed by atoms with Crippen LogP contribution in [0.15, 0.2) is 22.7 Å². The Hall–Kier alpha value is -0.700. The largest absolute Gasteiger partial charge is 0.506 e. The number of phenolic OH excluding ortho intramolecular Hbond substituents is 1. The van der Waals surface area contributed by atoms with Crippen molar-refractivity contribution in [2.24, 2.45) is 0 Å². The molecule has 0 radical (unpaired) electrons. The highest BCUT2D eigenvalue weighted by molar-refractivity contribution is 9.10. The molecule has 1 aromatic carbocycles. The molecule has 2 N–H and O–H groups in total. The molecule has 0 aliphatic rings. The summed E-state index contributed by atoms with van der Waals surface area (Å²) in [5.41, 5.74) is 0.739. The molecule has 54 valence electrons. The first kappa shape index (κ1) is 7.41. The molecule has 1 aromatic rings. The van der Waals surface area contributed by atoms with Gasteiger partial charge in [0.15, 0.2) is 0 Å². The van der Waals surface area contributed by atoms with Gasteiger partial charge in [-0.25, -0.2) is 0 Å². The first-order valence-electron chi connectivity index (χ1n) is 2.90. The van der Waals surface area contributed by atoms with E-state index in [1.165, 1.54) is 0 Å². The molecule has 0 fully saturated rings. The Bertz CT molecular complexity index is 237. The van der Waals surface area contributed by atoms with Gasteiger partial charge in [-0.15, -0.1) is 0 Å². The van der Waals surface area contributed by atoms with Gasteiger partial charge in [0.2, 0.25) is 0 Å². The Balaban J connectivity index is 3.07. The van der Waals surface area contributed by atoms with Crippen molar-refractivity contribution < 1.29 is 5.11 Å². The molecule has 0 unspecified atom stereocenters. The van der Waals surface area contributed by atoms with E-state index >= 15 is 0 Å². The predicted octanol–water partition coefficient (Wildman–Crippen LogP) is 2.20. The van der Waals surface area contributed by atoms with Crippen LogP contribution in [0.25, 0.3) is 0 Å². The van der Waals surface area contributed by atoms with Gasteiger partial charge in [-0.3, -0.25) is 0 Å². The molecule has 10 heavy (non-hydrogen) atoms. The Labute approximate surface area is 68.0 Å². The highest BCUT2D eigenvalue weighted by Gasteiger charge is 1.96. The van der Waals surface area contributed by atoms with Crippen LogP contribution in [-0.4, -0.2) is 12.2 Å². The Kier molecular flexibility index (Phi) is 2.17. The number of nitrogens with one attached hydrogen (secondary N) is 1. The fraction of sp³-hybridized carbons (Fsp3) is 0.143. The van der Waals surface area contributed by atoms with E-state index in [9.17, 15) is 5.11 Å². The van der Waals surface area contributed by atoms with Crippen molar-refractivity contribution in [2.45, 2.75) is 0 Å². The van der Waals surface area contributed by atoms with Gasteiger partial charge in [0.05, 0.1) is 5.69 Å². The zero-order valence-electron chi connectivity index (χ0n) is 5.56. The maximum Gasteiger partial charge on any atom is 0.139 e. The molecule has 3 heteroatoms. The number of rotatable bonds is 1. The molecule has 0 amide bonds. The zero-order valence-corrected chi connectivity index (χ0v) is 7.14. The van der Waals surface area contributed by atoms with Gasteiger partial charge < -0.3 is 10.4 Å². The van der Waals surface area contributed by atoms with Crippen molar-refractivity contribution in [3.8, 4) is 5.75 Å². The van der Waals surface area contributed by atoms with Crippen LogP contribution >= 0.6 is 15.9 Å². The number of hydrogen-bond donors (Lipinski definition) is 2. The first-order chi connectivity index (χ1) is 4.74. The number of phenols is 1. The number of hydrogen-bond acceptors (Lipinski definition) is 2. The summed E-state index contributed by atoms with van der Waals surface area (Å²) >= 11 is 3.24. The lowest BCUT2D eigenvalue weighted by Crippen LogP contribution is -1.87. The van der Waals surface area contributed by atoms with Crippen LogP contribution in [0.1, 0.15) is 0 Å². The van der Waals surface area contributed by atoms with Crippen molar-refractivity contribution in [2.75, 3.05) is 12.4 Å². The van der Waals surface area contributed by atoms with Crippen molar-refractivity contribution in [3.05, 3.63) is 22.7 Å². The smallest absolute Gasteiger partial charge is 0.139 e. The standard InChI is InChI=1S/C7H8BrNO/c1-9-6-3-2-5(8)4-7(6)10/h2-4,9-10H,1H3. The molecule has 0 spiro atoms. The molecule has 0 saturated carbocycles. The highest BCUT2D eigenvalue weighted by atomic mass is 79.9. The second-order valence-electron chi connectivity index (χ2n) is 1.91. The van der Waals surface area contributed by atoms with Crippen molar-refractivity contribution in [1.82, 2.24) is 0 Å². The van der Waals surface area contributed by atoms with E-state index in [0.717, 1.165) is 10.2 Å². The van der Waals surface area contributed by atoms with Gasteiger partial charge in [0, 0.05) is 11.5 Å². The minimum absolute atomic E-state index is 0.261. The molecule has 2 nitrogen and oxygen atoms in total. The van der Waals surface area contributed by atoms with Crippen LogP contribution in [-0.2, 0) is 0 Å². The third-order valence-corrected chi connectivity index (χ3v) is 1.72. The third-order valence-electron chi connectivity index (χ3n) is 1.23. The summed E-state index contributed by atoms with van der Waals surface area (Å²) in [6, 6.07) is 5.32. The average Bonchev–Trinajstić information content (AvgIpc) is 1.88. The molecule has 0 atom stereocenters. The Morgan fingerprint density at radius 3 is 2.70 bits per heavy atom. The second kappa shape index (κ2) is 2.92. The number of aromatic hydroxyl groups is 1. The van der Waals surface area contributed by atoms with Gasteiger partial charge in [0.1, 0.15) is 5.75 Å². The van der Waals surface area contributed by atoms with E-state index in [4.69, 9.17) is 0 Å². The maximum absolute atomic E-state index is 9.20. The SMILES string of the molecule is CNc1ccc(Br)cc1O. The summed E-state index contributed by atoms with van der Waals surface area (Å²) < 4.78 is 0.879. The summed E-state index contributed by atoms with van der Waals surface area (Å²) in [5.74, 6) is 0.261. The molecule has 0 aliphatic carbocycles. The molecule has 0 heterocycles. The second-order valence-corrected chi connectivity index (χ2v) is 2.83. The number of anilines is 1. The fourth-order valence-corrected chi connectivity index (χ4v) is 1.07. The zero-order chi connectivity index (χ0) is 7.56. The lowest BCUT2D eigenvalue weighted by Gasteiger charge is -2.01. The van der Waals surface area contributed by atoms with E-state index in [0.29, 0.717) is 0 Å². The van der Waals surface area contributed by atoms with E-state index in [1.54, 1.807) is 19.2 Å². The average molecular weight is 202 g/mol. The van der Waals surface area contributed by atoms with Crippen molar-refractivity contribution in [1.29, 1.82) is 0 Å². The van der Waals surface area contributed by atoms with E-state index in [2.05, 4.69) is 21.2 Å². The summed E-state index contributed by atoms with van der Waals surface area (Å²) in [6.07, 6.45) is 0. The summed E-state index contributed by atoms with van der Waals surface area (Å²) in [6.45, 7) is 0. The maximum atomic E-state index is 9.20. The molecule has 0 saturated heterocycles. The molecule has 0 bridgehead atoms. The minimum atomic E-state index is 0.261. The van der Waals surface area contributed by atoms with Crippen LogP contribution in [0.5, 0.6) is 5.75 Å². The van der Waals surface area contributed by atoms with Gasteiger partial charge in [-0.2, -0.15) is 0 Å². The van der Waals surface area contributed by atoms with Crippen LogP contribution < -0.4 is 5.32 Å². The molecule has 1 rings (SSSR count). The molecular weight excluding hydrogens is 194 g/mol. The fourth-order valence-electron chi connectivity index (χ4n) is 0.716. The van der Waals surface area contributed by atoms with Crippen LogP contribution in [0.3, 0.4) is 0 Å². The van der Waals surface area contributed by atoms with Gasteiger partial charge in [-0.05, 0) is 18.2 Å². The summed E-state index contributed by atoms with van der Waals surface area (Å²) in [7, 11) is 1.77. The van der Waals surface area contributed by atoms with Crippen LogP contribution in [0, 0.1) is 0 Å². The van der Waals surface area contributed by atoms with E-state index in [1.807, 2.05) is 6.07 Å². The van der Waals surface area contributed by atoms with Crippen LogP contribution in [0.2, 0.25) is 0 Å². The molecule has 0 aromatic heterocycles. The van der Waals surface area contributed by atoms with Crippen molar-refractivity contribution in [3.63, 3.8) is 0 Å². The van der Waals surface area contributed by atoms with E-state index < -0.39 is 0 Å². The third kappa shape index (κ3) is 1.42. The lowest BCUT2D eigenvalue weighted by atomic mass is 10.3. The van der Waals surface area contributed by atoms with E-state index in [-0.39, 0.29) is 5.75 Å². The quantitative estimate of drug-likeness (QED) is 0.684. The number of benzene rings is 1. The highest BCUT2D eigenvalue weighted by Crippen LogP contribution is 2.25. The predicted molar refractivity (Wildman–Crippen MR) is 45.4 cm³/mol. The lowest BCUT2D eigenvalue weighted by molar-refractivity contribution is 0.477. The molecule has 0 aliphatic heterocycles. The van der Waals surface area contributed by atoms with Gasteiger partial charge >= 0.3 is 0 Å². The Morgan fingerprint density at radius 1 is 1.50 bits per heavy atom. The topological polar surface area (TPSA) is 32.3 Å². The van der Waals surface area contributed by atoms with Gasteiger partial charge in [-0.1, -0.05) is 15.9 Å². The van der Waals surface area contributed by atoms with Crippen LogP contribution in [0.4, 0.5) is 5.69 Å². The van der Waals surface area contributed by atoms with Crippen molar-refractivity contribution >= 4 is 21.6 Å². The first-order valence-corrected chi connectivity index (χ1v) is 3.69. The summed E-state index contributed by atoms with van der Waals surface area (Å²) in [5, 5.41) is 12.1. The normalized spacial score (nSPS) is 9.40. The number of halogens is 1.